The van der Waals surface area contributed by atoms with Gasteiger partial charge < -0.3 is 10.2 Å². The maximum Gasteiger partial charge on any atom is 0.248 e. The van der Waals surface area contributed by atoms with Gasteiger partial charge in [0, 0.05) is 0 Å². The molecule has 0 amide bonds. The summed E-state index contributed by atoms with van der Waals surface area (Å²) in [6.07, 6.45) is 1.39. The average Bonchev–Trinajstić information content (AvgIpc) is 2.14. The van der Waals surface area contributed by atoms with E-state index in [1.165, 1.54) is 12.3 Å². The fraction of sp³-hybridized carbons (Fsp3) is 0. The van der Waals surface area contributed by atoms with Crippen molar-refractivity contribution in [3.63, 3.8) is 0 Å². The van der Waals surface area contributed by atoms with Crippen molar-refractivity contribution < 1.29 is 4.42 Å². The Morgan fingerprint density at radius 2 is 2.50 bits per heavy atom. The van der Waals surface area contributed by atoms with E-state index in [1.54, 1.807) is 0 Å². The van der Waals surface area contributed by atoms with Crippen LogP contribution >= 0.6 is 0 Å². The van der Waals surface area contributed by atoms with Gasteiger partial charge in [0.25, 0.3) is 0 Å². The number of hydrogen-bond acceptors (Lipinski definition) is 2. The summed E-state index contributed by atoms with van der Waals surface area (Å²) in [7, 11) is 0. The quantitative estimate of drug-likeness (QED) is 0.510. The molecule has 3 heteroatoms. The number of nitrogens with zero attached hydrogens (tertiary/aromatic N) is 1. The Balaban J connectivity index is 3.15. The molecule has 0 unspecified atom stereocenters. The molecule has 0 fully saturated rings. The van der Waals surface area contributed by atoms with Crippen LogP contribution in [0.2, 0.25) is 0 Å². The number of nitrogen functional groups attached to an aromatic ring is 1. The first-order chi connectivity index (χ1) is 3.84. The molecule has 0 radical (unpaired) electrons. The second-order valence-electron chi connectivity index (χ2n) is 1.28. The zero-order valence-electron chi connectivity index (χ0n) is 4.09. The normalized spacial score (nSPS) is 8.38. The monoisotopic (exact) mass is 108 g/mol. The van der Waals surface area contributed by atoms with Gasteiger partial charge in [-0.15, -0.1) is 0 Å². The topological polar surface area (TPSA) is 43.5 Å². The summed E-state index contributed by atoms with van der Waals surface area (Å²) < 4.78 is 4.62. The van der Waals surface area contributed by atoms with Gasteiger partial charge in [0.2, 0.25) is 5.69 Å². The Labute approximate surface area is 46.5 Å². The van der Waals surface area contributed by atoms with Crippen LogP contribution in [0, 0.1) is 6.57 Å². The molecule has 8 heavy (non-hydrogen) atoms. The molecule has 1 aromatic rings. The van der Waals surface area contributed by atoms with E-state index < -0.39 is 0 Å². The second kappa shape index (κ2) is 1.58. The van der Waals surface area contributed by atoms with Gasteiger partial charge in [0.15, 0.2) is 5.88 Å². The number of furan rings is 1. The number of nitrogens with two attached hydrogens (primary N) is 1. The molecular weight excluding hydrogens is 104 g/mol. The Morgan fingerprint density at radius 1 is 1.75 bits per heavy atom. The van der Waals surface area contributed by atoms with E-state index in [4.69, 9.17) is 12.3 Å². The average molecular weight is 108 g/mol. The molecule has 2 N–H and O–H groups in total. The lowest BCUT2D eigenvalue weighted by atomic mass is 10.5. The Hall–Kier alpha value is -1.43. The van der Waals surface area contributed by atoms with Crippen LogP contribution in [0.5, 0.6) is 0 Å². The molecule has 0 aromatic carbocycles. The fourth-order valence-corrected chi connectivity index (χ4v) is 0.407. The van der Waals surface area contributed by atoms with Crippen molar-refractivity contribution in [2.24, 2.45) is 0 Å². The lowest BCUT2D eigenvalue weighted by Gasteiger charge is -1.78. The van der Waals surface area contributed by atoms with Gasteiger partial charge in [0.05, 0.1) is 12.8 Å². The van der Waals surface area contributed by atoms with Crippen LogP contribution < -0.4 is 5.73 Å². The predicted octanol–water partition coefficient (Wildman–Crippen LogP) is 1.41. The predicted molar refractivity (Wildman–Crippen MR) is 29.4 cm³/mol. The van der Waals surface area contributed by atoms with Crippen LogP contribution in [-0.2, 0) is 0 Å². The first-order valence-corrected chi connectivity index (χ1v) is 2.05. The van der Waals surface area contributed by atoms with Gasteiger partial charge in [-0.2, -0.15) is 0 Å². The smallest absolute Gasteiger partial charge is 0.248 e. The molecule has 0 saturated carbocycles. The van der Waals surface area contributed by atoms with Crippen LogP contribution in [0.4, 0.5) is 11.6 Å². The maximum absolute atomic E-state index is 6.49. The highest BCUT2D eigenvalue weighted by Gasteiger charge is 1.96. The van der Waals surface area contributed by atoms with Crippen molar-refractivity contribution in [3.8, 4) is 0 Å². The fourth-order valence-electron chi connectivity index (χ4n) is 0.407. The van der Waals surface area contributed by atoms with Crippen LogP contribution in [0.1, 0.15) is 0 Å². The minimum Gasteiger partial charge on any atom is -0.461 e. The van der Waals surface area contributed by atoms with E-state index in [0.717, 1.165) is 0 Å². The third-order valence-corrected chi connectivity index (χ3v) is 0.794. The van der Waals surface area contributed by atoms with Gasteiger partial charge in [-0.05, 0) is 6.07 Å². The largest absolute Gasteiger partial charge is 0.461 e. The van der Waals surface area contributed by atoms with Gasteiger partial charge in [-0.25, -0.2) is 4.85 Å². The SMILES string of the molecule is [C-]#[N+]c1ccoc1N. The van der Waals surface area contributed by atoms with E-state index in [-0.39, 0.29) is 5.88 Å². The van der Waals surface area contributed by atoms with Crippen molar-refractivity contribution in [3.05, 3.63) is 23.7 Å². The summed E-state index contributed by atoms with van der Waals surface area (Å²) in [5, 5.41) is 0. The molecule has 0 saturated heterocycles. The standard InChI is InChI=1S/C5H4N2O/c1-7-4-2-3-8-5(4)6/h2-3H,6H2. The molecule has 0 aliphatic carbocycles. The molecule has 3 nitrogen and oxygen atoms in total. The molecule has 0 spiro atoms. The number of rotatable bonds is 0. The Morgan fingerprint density at radius 3 is 2.75 bits per heavy atom. The van der Waals surface area contributed by atoms with Crippen LogP contribution in [0.15, 0.2) is 16.7 Å². The van der Waals surface area contributed by atoms with Crippen molar-refractivity contribution in [2.45, 2.75) is 0 Å². The molecular formula is C5H4N2O. The van der Waals surface area contributed by atoms with Gasteiger partial charge in [-0.3, -0.25) is 0 Å². The molecule has 1 aromatic heterocycles. The minimum atomic E-state index is 0.194. The number of hydrogen-bond donors (Lipinski definition) is 1. The first-order valence-electron chi connectivity index (χ1n) is 2.05. The summed E-state index contributed by atoms with van der Waals surface area (Å²) in [4.78, 5) is 3.06. The Kier molecular flexibility index (Phi) is 0.935. The summed E-state index contributed by atoms with van der Waals surface area (Å²) in [6.45, 7) is 6.49. The van der Waals surface area contributed by atoms with Crippen molar-refractivity contribution in [2.75, 3.05) is 5.73 Å². The number of anilines is 1. The summed E-state index contributed by atoms with van der Waals surface area (Å²) in [5.41, 5.74) is 5.55. The molecule has 1 heterocycles. The van der Waals surface area contributed by atoms with E-state index in [2.05, 4.69) is 9.26 Å². The van der Waals surface area contributed by atoms with Crippen LogP contribution in [-0.4, -0.2) is 0 Å². The third kappa shape index (κ3) is 0.521. The van der Waals surface area contributed by atoms with Gasteiger partial charge in [-0.1, -0.05) is 0 Å². The van der Waals surface area contributed by atoms with E-state index in [9.17, 15) is 0 Å². The minimum absolute atomic E-state index is 0.194. The third-order valence-electron chi connectivity index (χ3n) is 0.794. The summed E-state index contributed by atoms with van der Waals surface area (Å²) in [6, 6.07) is 1.53. The molecule has 40 valence electrons. The maximum atomic E-state index is 6.49. The highest BCUT2D eigenvalue weighted by molar-refractivity contribution is 5.60. The first kappa shape index (κ1) is 4.72. The summed E-state index contributed by atoms with van der Waals surface area (Å²) in [5.74, 6) is 0.194. The van der Waals surface area contributed by atoms with Gasteiger partial charge in [0.1, 0.15) is 0 Å². The van der Waals surface area contributed by atoms with Crippen molar-refractivity contribution in [1.29, 1.82) is 0 Å². The van der Waals surface area contributed by atoms with Crippen LogP contribution in [0.25, 0.3) is 4.85 Å². The lowest BCUT2D eigenvalue weighted by molar-refractivity contribution is 0.588. The second-order valence-corrected chi connectivity index (χ2v) is 1.28. The van der Waals surface area contributed by atoms with E-state index in [0.29, 0.717) is 5.69 Å². The zero-order valence-corrected chi connectivity index (χ0v) is 4.09. The van der Waals surface area contributed by atoms with Crippen molar-refractivity contribution >= 4 is 11.6 Å². The summed E-state index contributed by atoms with van der Waals surface area (Å²) >= 11 is 0. The van der Waals surface area contributed by atoms with Crippen molar-refractivity contribution in [1.82, 2.24) is 0 Å². The van der Waals surface area contributed by atoms with Crippen LogP contribution in [0.3, 0.4) is 0 Å². The zero-order chi connectivity index (χ0) is 5.98. The molecule has 0 aliphatic heterocycles. The van der Waals surface area contributed by atoms with E-state index >= 15 is 0 Å². The van der Waals surface area contributed by atoms with Gasteiger partial charge >= 0.3 is 0 Å². The highest BCUT2D eigenvalue weighted by atomic mass is 16.3. The highest BCUT2D eigenvalue weighted by Crippen LogP contribution is 2.21. The Bertz CT molecular complexity index is 221. The molecule has 1 rings (SSSR count). The lowest BCUT2D eigenvalue weighted by Crippen LogP contribution is -1.76. The molecule has 0 bridgehead atoms. The van der Waals surface area contributed by atoms with E-state index in [1.807, 2.05) is 0 Å². The molecule has 0 atom stereocenters. The molecule has 0 aliphatic rings.